The summed E-state index contributed by atoms with van der Waals surface area (Å²) in [4.78, 5) is 29.4. The number of nitrogens with zero attached hydrogens (tertiary/aromatic N) is 2. The lowest BCUT2D eigenvalue weighted by molar-refractivity contribution is -0.143. The third-order valence-electron chi connectivity index (χ3n) is 3.97. The van der Waals surface area contributed by atoms with Crippen molar-refractivity contribution in [2.75, 3.05) is 13.2 Å². The fraction of sp³-hybridized carbons (Fsp3) is 0.286. The molecule has 0 unspecified atom stereocenters. The second kappa shape index (κ2) is 9.32. The van der Waals surface area contributed by atoms with E-state index in [0.717, 1.165) is 15.8 Å². The lowest BCUT2D eigenvalue weighted by Crippen LogP contribution is -2.23. The molecule has 0 aliphatic rings. The van der Waals surface area contributed by atoms with E-state index >= 15 is 0 Å². The average Bonchev–Trinajstić information content (AvgIpc) is 3.01. The van der Waals surface area contributed by atoms with Crippen LogP contribution in [0.15, 0.2) is 53.5 Å². The molecule has 0 atom stereocenters. The Labute approximate surface area is 167 Å². The molecule has 3 aromatic rings. The number of benzene rings is 2. The first kappa shape index (κ1) is 19.8. The summed E-state index contributed by atoms with van der Waals surface area (Å²) in [7, 11) is 0. The molecule has 0 bridgehead atoms. The van der Waals surface area contributed by atoms with Crippen molar-refractivity contribution in [3.63, 3.8) is 0 Å². The van der Waals surface area contributed by atoms with Gasteiger partial charge in [0.1, 0.15) is 17.8 Å². The minimum atomic E-state index is -0.384. The summed E-state index contributed by atoms with van der Waals surface area (Å²) in [5.74, 6) is -0.00343. The van der Waals surface area contributed by atoms with Gasteiger partial charge in [-0.3, -0.25) is 9.59 Å². The Morgan fingerprint density at radius 2 is 1.82 bits per heavy atom. The number of aromatic nitrogens is 1. The second-order valence-corrected chi connectivity index (χ2v) is 6.99. The minimum absolute atomic E-state index is 0.0324. The SMILES string of the molecule is CCOC(=O)Cn1c(=NC(=O)Cc2ccccc2)sc2cccc(OCC)c21. The standard InChI is InChI=1S/C21H22N2O4S/c1-3-26-16-11-8-12-17-20(16)23(14-19(25)27-4-2)21(28-17)22-18(24)13-15-9-6-5-7-10-15/h5-12H,3-4,13-14H2,1-2H3. The Kier molecular flexibility index (Phi) is 6.60. The van der Waals surface area contributed by atoms with Gasteiger partial charge in [-0.05, 0) is 31.5 Å². The fourth-order valence-corrected chi connectivity index (χ4v) is 3.92. The molecule has 6 nitrogen and oxygen atoms in total. The molecule has 2 aromatic carbocycles. The zero-order valence-corrected chi connectivity index (χ0v) is 16.7. The summed E-state index contributed by atoms with van der Waals surface area (Å²) < 4.78 is 13.4. The summed E-state index contributed by atoms with van der Waals surface area (Å²) in [5.41, 5.74) is 1.64. The van der Waals surface area contributed by atoms with Gasteiger partial charge in [0.15, 0.2) is 4.80 Å². The quantitative estimate of drug-likeness (QED) is 0.573. The monoisotopic (exact) mass is 398 g/mol. The van der Waals surface area contributed by atoms with Crippen LogP contribution in [0.2, 0.25) is 0 Å². The summed E-state index contributed by atoms with van der Waals surface area (Å²) in [6.45, 7) is 4.41. The van der Waals surface area contributed by atoms with E-state index in [9.17, 15) is 9.59 Å². The number of ether oxygens (including phenoxy) is 2. The Balaban J connectivity index is 2.05. The third kappa shape index (κ3) is 4.67. The first-order valence-corrected chi connectivity index (χ1v) is 9.96. The predicted molar refractivity (Wildman–Crippen MR) is 108 cm³/mol. The minimum Gasteiger partial charge on any atom is -0.492 e. The second-order valence-electron chi connectivity index (χ2n) is 5.98. The molecule has 146 valence electrons. The van der Waals surface area contributed by atoms with E-state index in [-0.39, 0.29) is 24.8 Å². The van der Waals surface area contributed by atoms with E-state index in [1.54, 1.807) is 11.5 Å². The van der Waals surface area contributed by atoms with Crippen LogP contribution in [-0.4, -0.2) is 29.7 Å². The first-order valence-electron chi connectivity index (χ1n) is 9.14. The maximum atomic E-state index is 12.5. The van der Waals surface area contributed by atoms with E-state index in [4.69, 9.17) is 9.47 Å². The maximum Gasteiger partial charge on any atom is 0.326 e. The highest BCUT2D eigenvalue weighted by Gasteiger charge is 2.16. The summed E-state index contributed by atoms with van der Waals surface area (Å²) in [5, 5.41) is 0. The molecule has 1 heterocycles. The molecular weight excluding hydrogens is 376 g/mol. The van der Waals surface area contributed by atoms with Gasteiger partial charge in [0, 0.05) is 0 Å². The molecule has 0 spiro atoms. The lowest BCUT2D eigenvalue weighted by Gasteiger charge is -2.09. The van der Waals surface area contributed by atoms with Gasteiger partial charge in [-0.15, -0.1) is 0 Å². The van der Waals surface area contributed by atoms with Crippen molar-refractivity contribution in [1.82, 2.24) is 4.57 Å². The number of esters is 1. The molecule has 0 fully saturated rings. The van der Waals surface area contributed by atoms with Crippen LogP contribution in [0.5, 0.6) is 5.75 Å². The van der Waals surface area contributed by atoms with E-state index in [1.165, 1.54) is 11.3 Å². The van der Waals surface area contributed by atoms with Crippen LogP contribution in [0.4, 0.5) is 0 Å². The Morgan fingerprint density at radius 1 is 1.04 bits per heavy atom. The van der Waals surface area contributed by atoms with E-state index < -0.39 is 0 Å². The molecular formula is C21H22N2O4S. The fourth-order valence-electron chi connectivity index (χ4n) is 2.85. The zero-order valence-electron chi connectivity index (χ0n) is 15.9. The molecule has 1 amide bonds. The number of carbonyl (C=O) groups excluding carboxylic acids is 2. The molecule has 0 saturated carbocycles. The van der Waals surface area contributed by atoms with Gasteiger partial charge >= 0.3 is 5.97 Å². The highest BCUT2D eigenvalue weighted by molar-refractivity contribution is 7.16. The number of para-hydroxylation sites is 1. The maximum absolute atomic E-state index is 12.5. The molecule has 0 N–H and O–H groups in total. The van der Waals surface area contributed by atoms with Crippen molar-refractivity contribution >= 4 is 33.4 Å². The molecule has 0 radical (unpaired) electrons. The van der Waals surface area contributed by atoms with Crippen molar-refractivity contribution in [3.05, 3.63) is 58.9 Å². The lowest BCUT2D eigenvalue weighted by atomic mass is 10.1. The summed E-state index contributed by atoms with van der Waals surface area (Å²) in [6, 6.07) is 15.1. The highest BCUT2D eigenvalue weighted by Crippen LogP contribution is 2.27. The summed E-state index contributed by atoms with van der Waals surface area (Å²) in [6.07, 6.45) is 0.201. The van der Waals surface area contributed by atoms with Gasteiger partial charge in [0.2, 0.25) is 0 Å². The van der Waals surface area contributed by atoms with Crippen LogP contribution < -0.4 is 9.54 Å². The zero-order chi connectivity index (χ0) is 19.9. The largest absolute Gasteiger partial charge is 0.492 e. The van der Waals surface area contributed by atoms with Crippen molar-refractivity contribution < 1.29 is 19.1 Å². The average molecular weight is 398 g/mol. The topological polar surface area (TPSA) is 69.9 Å². The molecule has 3 rings (SSSR count). The van der Waals surface area contributed by atoms with Gasteiger partial charge in [0.05, 0.1) is 24.3 Å². The number of hydrogen-bond donors (Lipinski definition) is 0. The van der Waals surface area contributed by atoms with E-state index in [1.807, 2.05) is 55.5 Å². The van der Waals surface area contributed by atoms with E-state index in [0.29, 0.717) is 23.8 Å². The van der Waals surface area contributed by atoms with Gasteiger partial charge in [-0.25, -0.2) is 0 Å². The molecule has 7 heteroatoms. The van der Waals surface area contributed by atoms with Crippen LogP contribution in [0, 0.1) is 0 Å². The number of rotatable bonds is 7. The predicted octanol–water partition coefficient (Wildman–Crippen LogP) is 3.33. The summed E-state index contributed by atoms with van der Waals surface area (Å²) >= 11 is 1.35. The number of amides is 1. The smallest absolute Gasteiger partial charge is 0.326 e. The molecule has 28 heavy (non-hydrogen) atoms. The number of hydrogen-bond acceptors (Lipinski definition) is 5. The number of carbonyl (C=O) groups is 2. The first-order chi connectivity index (χ1) is 13.6. The molecule has 1 aromatic heterocycles. The Hall–Kier alpha value is -2.93. The number of thiazole rings is 1. The van der Waals surface area contributed by atoms with Gasteiger partial charge in [0.25, 0.3) is 5.91 Å². The Morgan fingerprint density at radius 3 is 2.54 bits per heavy atom. The molecule has 0 aliphatic heterocycles. The van der Waals surface area contributed by atoms with Crippen molar-refractivity contribution in [1.29, 1.82) is 0 Å². The van der Waals surface area contributed by atoms with Crippen molar-refractivity contribution in [3.8, 4) is 5.75 Å². The van der Waals surface area contributed by atoms with Crippen LogP contribution in [-0.2, 0) is 27.3 Å². The molecule has 0 aliphatic carbocycles. The molecule has 0 saturated heterocycles. The highest BCUT2D eigenvalue weighted by atomic mass is 32.1. The van der Waals surface area contributed by atoms with Crippen LogP contribution in [0.3, 0.4) is 0 Å². The van der Waals surface area contributed by atoms with Crippen LogP contribution in [0.25, 0.3) is 10.2 Å². The van der Waals surface area contributed by atoms with Crippen molar-refractivity contribution in [2.24, 2.45) is 4.99 Å². The van der Waals surface area contributed by atoms with E-state index in [2.05, 4.69) is 4.99 Å². The number of fused-ring (bicyclic) bond motifs is 1. The third-order valence-corrected chi connectivity index (χ3v) is 5.02. The van der Waals surface area contributed by atoms with Crippen molar-refractivity contribution in [2.45, 2.75) is 26.8 Å². The van der Waals surface area contributed by atoms with Crippen LogP contribution >= 0.6 is 11.3 Å². The van der Waals surface area contributed by atoms with Crippen LogP contribution in [0.1, 0.15) is 19.4 Å². The van der Waals surface area contributed by atoms with Gasteiger partial charge in [-0.2, -0.15) is 4.99 Å². The normalized spacial score (nSPS) is 11.6. The van der Waals surface area contributed by atoms with Gasteiger partial charge < -0.3 is 14.0 Å². The van der Waals surface area contributed by atoms with Gasteiger partial charge in [-0.1, -0.05) is 47.7 Å². The Bertz CT molecular complexity index is 1040.